The molecule has 0 unspecified atom stereocenters. The monoisotopic (exact) mass is 376 g/mol. The molecule has 0 atom stereocenters. The van der Waals surface area contributed by atoms with Crippen molar-refractivity contribution >= 4 is 45.9 Å². The summed E-state index contributed by atoms with van der Waals surface area (Å²) in [5.41, 5.74) is 0.000911. The molecule has 7 heteroatoms. The molecule has 5 nitrogen and oxygen atoms in total. The highest BCUT2D eigenvalue weighted by atomic mass is 35.5. The molecule has 0 aliphatic rings. The number of hydrogen-bond acceptors (Lipinski definition) is 5. The van der Waals surface area contributed by atoms with Gasteiger partial charge in [0.05, 0.1) is 10.4 Å². The minimum Gasteiger partial charge on any atom is -0.451 e. The summed E-state index contributed by atoms with van der Waals surface area (Å²) in [4.78, 5) is 36.2. The van der Waals surface area contributed by atoms with Gasteiger partial charge in [0.2, 0.25) is 11.5 Å². The van der Waals surface area contributed by atoms with Crippen molar-refractivity contribution in [1.82, 2.24) is 0 Å². The van der Waals surface area contributed by atoms with Crippen LogP contribution in [0.2, 0.25) is 10.0 Å². The molecule has 2 aromatic carbocycles. The molecule has 0 bridgehead atoms. The summed E-state index contributed by atoms with van der Waals surface area (Å²) in [7, 11) is 0. The summed E-state index contributed by atoms with van der Waals surface area (Å²) in [5, 5.41) is 0.884. The van der Waals surface area contributed by atoms with Crippen LogP contribution in [-0.2, 0) is 4.74 Å². The van der Waals surface area contributed by atoms with Gasteiger partial charge < -0.3 is 9.15 Å². The van der Waals surface area contributed by atoms with Crippen LogP contribution in [0.5, 0.6) is 0 Å². The van der Waals surface area contributed by atoms with Crippen molar-refractivity contribution in [1.29, 1.82) is 0 Å². The van der Waals surface area contributed by atoms with E-state index in [4.69, 9.17) is 32.4 Å². The molecule has 1 aromatic heterocycles. The van der Waals surface area contributed by atoms with Gasteiger partial charge in [-0.05, 0) is 30.3 Å². The molecule has 126 valence electrons. The van der Waals surface area contributed by atoms with E-state index in [-0.39, 0.29) is 27.3 Å². The first-order valence-electron chi connectivity index (χ1n) is 7.14. The molecule has 25 heavy (non-hydrogen) atoms. The zero-order valence-electron chi connectivity index (χ0n) is 12.6. The molecule has 0 amide bonds. The lowest BCUT2D eigenvalue weighted by atomic mass is 10.1. The number of rotatable bonds is 4. The Hall–Kier alpha value is -2.63. The fraction of sp³-hybridized carbons (Fsp3) is 0.0556. The van der Waals surface area contributed by atoms with Crippen molar-refractivity contribution in [2.75, 3.05) is 6.61 Å². The highest BCUT2D eigenvalue weighted by Crippen LogP contribution is 2.19. The highest BCUT2D eigenvalue weighted by molar-refractivity contribution is 6.34. The first-order valence-corrected chi connectivity index (χ1v) is 7.89. The molecule has 0 radical (unpaired) electrons. The van der Waals surface area contributed by atoms with Crippen LogP contribution < -0.4 is 5.43 Å². The fourth-order valence-electron chi connectivity index (χ4n) is 2.20. The molecule has 0 N–H and O–H groups in total. The number of ether oxygens (including phenoxy) is 1. The minimum atomic E-state index is -0.922. The third kappa shape index (κ3) is 3.73. The maximum Gasteiger partial charge on any atom is 0.374 e. The molecule has 0 fully saturated rings. The standard InChI is InChI=1S/C18H10Cl2O5/c19-10-5-6-16-12(7-10)14(21)8-17(25-16)18(23)24-9-15(22)11-3-1-2-4-13(11)20/h1-8H,9H2. The Morgan fingerprint density at radius 3 is 2.56 bits per heavy atom. The number of halogens is 2. The Kier molecular flexibility index (Phi) is 4.88. The zero-order chi connectivity index (χ0) is 18.0. The first-order chi connectivity index (χ1) is 12.0. The molecule has 0 aliphatic carbocycles. The normalized spacial score (nSPS) is 10.6. The first kappa shape index (κ1) is 17.2. The van der Waals surface area contributed by atoms with E-state index in [2.05, 4.69) is 0 Å². The number of benzene rings is 2. The van der Waals surface area contributed by atoms with E-state index >= 15 is 0 Å². The lowest BCUT2D eigenvalue weighted by Gasteiger charge is -2.06. The lowest BCUT2D eigenvalue weighted by Crippen LogP contribution is -2.16. The highest BCUT2D eigenvalue weighted by Gasteiger charge is 2.17. The minimum absolute atomic E-state index is 0.196. The number of hydrogen-bond donors (Lipinski definition) is 0. The molecule has 0 aliphatic heterocycles. The van der Waals surface area contributed by atoms with Gasteiger partial charge in [-0.15, -0.1) is 0 Å². The summed E-state index contributed by atoms with van der Waals surface area (Å²) < 4.78 is 10.3. The Labute approximate surface area is 151 Å². The number of Topliss-reactive ketones (excluding diaryl/α,β-unsaturated/α-hetero) is 1. The van der Waals surface area contributed by atoms with Crippen LogP contribution in [-0.4, -0.2) is 18.4 Å². The van der Waals surface area contributed by atoms with Gasteiger partial charge in [-0.25, -0.2) is 4.79 Å². The van der Waals surface area contributed by atoms with Gasteiger partial charge in [-0.1, -0.05) is 35.3 Å². The molecule has 0 saturated carbocycles. The van der Waals surface area contributed by atoms with Crippen LogP contribution >= 0.6 is 23.2 Å². The SMILES string of the molecule is O=C(OCC(=O)c1ccccc1Cl)c1cc(=O)c2cc(Cl)ccc2o1. The Balaban J connectivity index is 1.79. The molecule has 3 aromatic rings. The molecule has 1 heterocycles. The third-order valence-corrected chi connectivity index (χ3v) is 3.96. The summed E-state index contributed by atoms with van der Waals surface area (Å²) >= 11 is 11.7. The Bertz CT molecular complexity index is 1040. The predicted octanol–water partition coefficient (Wildman–Crippen LogP) is 4.14. The van der Waals surface area contributed by atoms with E-state index in [1.54, 1.807) is 18.2 Å². The van der Waals surface area contributed by atoms with E-state index in [0.717, 1.165) is 6.07 Å². The van der Waals surface area contributed by atoms with Gasteiger partial charge in [0.1, 0.15) is 5.58 Å². The third-order valence-electron chi connectivity index (χ3n) is 3.40. The topological polar surface area (TPSA) is 73.6 Å². The largest absolute Gasteiger partial charge is 0.451 e. The lowest BCUT2D eigenvalue weighted by molar-refractivity contribution is 0.0444. The second-order valence-corrected chi connectivity index (χ2v) is 5.94. The van der Waals surface area contributed by atoms with Gasteiger partial charge in [0, 0.05) is 16.7 Å². The van der Waals surface area contributed by atoms with Crippen molar-refractivity contribution in [3.63, 3.8) is 0 Å². The number of carbonyl (C=O) groups is 2. The number of esters is 1. The van der Waals surface area contributed by atoms with E-state index in [1.165, 1.54) is 24.3 Å². The van der Waals surface area contributed by atoms with E-state index in [1.807, 2.05) is 0 Å². The summed E-state index contributed by atoms with van der Waals surface area (Å²) in [5.74, 6) is -1.69. The molecule has 3 rings (SSSR count). The number of carbonyl (C=O) groups excluding carboxylic acids is 2. The summed E-state index contributed by atoms with van der Waals surface area (Å²) in [6.07, 6.45) is 0. The second kappa shape index (κ2) is 7.09. The summed E-state index contributed by atoms with van der Waals surface area (Å²) in [6, 6.07) is 11.9. The van der Waals surface area contributed by atoms with Gasteiger partial charge in [-0.2, -0.15) is 0 Å². The van der Waals surface area contributed by atoms with Crippen molar-refractivity contribution in [2.45, 2.75) is 0 Å². The van der Waals surface area contributed by atoms with Gasteiger partial charge >= 0.3 is 5.97 Å². The predicted molar refractivity (Wildman–Crippen MR) is 93.6 cm³/mol. The summed E-state index contributed by atoms with van der Waals surface area (Å²) in [6.45, 7) is -0.523. The van der Waals surface area contributed by atoms with Crippen LogP contribution in [0, 0.1) is 0 Å². The van der Waals surface area contributed by atoms with Crippen LogP contribution in [0.25, 0.3) is 11.0 Å². The molecule has 0 spiro atoms. The number of ketones is 1. The van der Waals surface area contributed by atoms with Gasteiger partial charge in [0.25, 0.3) is 0 Å². The Morgan fingerprint density at radius 1 is 1.04 bits per heavy atom. The maximum atomic E-state index is 12.1. The van der Waals surface area contributed by atoms with Crippen molar-refractivity contribution in [3.8, 4) is 0 Å². The van der Waals surface area contributed by atoms with Gasteiger partial charge in [-0.3, -0.25) is 9.59 Å². The van der Waals surface area contributed by atoms with E-state index < -0.39 is 23.8 Å². The van der Waals surface area contributed by atoms with Crippen molar-refractivity contribution in [3.05, 3.63) is 80.1 Å². The smallest absolute Gasteiger partial charge is 0.374 e. The average molecular weight is 377 g/mol. The fourth-order valence-corrected chi connectivity index (χ4v) is 2.61. The van der Waals surface area contributed by atoms with E-state index in [0.29, 0.717) is 5.02 Å². The maximum absolute atomic E-state index is 12.1. The van der Waals surface area contributed by atoms with Crippen LogP contribution in [0.1, 0.15) is 20.9 Å². The molecular formula is C18H10Cl2O5. The van der Waals surface area contributed by atoms with Crippen LogP contribution in [0.4, 0.5) is 0 Å². The Morgan fingerprint density at radius 2 is 1.80 bits per heavy atom. The van der Waals surface area contributed by atoms with E-state index in [9.17, 15) is 14.4 Å². The van der Waals surface area contributed by atoms with Crippen molar-refractivity contribution < 1.29 is 18.7 Å². The van der Waals surface area contributed by atoms with Crippen LogP contribution in [0.3, 0.4) is 0 Å². The second-order valence-electron chi connectivity index (χ2n) is 5.09. The average Bonchev–Trinajstić information content (AvgIpc) is 2.60. The molecular weight excluding hydrogens is 367 g/mol. The van der Waals surface area contributed by atoms with Gasteiger partial charge in [0.15, 0.2) is 12.0 Å². The van der Waals surface area contributed by atoms with Crippen molar-refractivity contribution in [2.24, 2.45) is 0 Å². The molecule has 0 saturated heterocycles. The number of fused-ring (bicyclic) bond motifs is 1. The zero-order valence-corrected chi connectivity index (χ0v) is 14.1. The quantitative estimate of drug-likeness (QED) is 0.505. The van der Waals surface area contributed by atoms with Crippen LogP contribution in [0.15, 0.2) is 57.7 Å².